The number of ether oxygens (including phenoxy) is 2. The van der Waals surface area contributed by atoms with Gasteiger partial charge in [-0.2, -0.15) is 0 Å². The van der Waals surface area contributed by atoms with Crippen LogP contribution in [0.15, 0.2) is 18.2 Å². The van der Waals surface area contributed by atoms with Crippen LogP contribution in [0.3, 0.4) is 0 Å². The van der Waals surface area contributed by atoms with Crippen LogP contribution in [0.5, 0.6) is 11.5 Å². The molecule has 84 valence electrons. The Bertz CT molecular complexity index is 302. The molecule has 0 aliphatic heterocycles. The molecule has 15 heavy (non-hydrogen) atoms. The van der Waals surface area contributed by atoms with E-state index in [-0.39, 0.29) is 6.61 Å². The summed E-state index contributed by atoms with van der Waals surface area (Å²) in [6.07, 6.45) is 0.709. The van der Waals surface area contributed by atoms with Crippen molar-refractivity contribution in [3.05, 3.63) is 18.2 Å². The Morgan fingerprint density at radius 2 is 2.07 bits per heavy atom. The molecule has 0 aromatic heterocycles. The first-order valence-corrected chi connectivity index (χ1v) is 4.88. The van der Waals surface area contributed by atoms with Gasteiger partial charge in [-0.25, -0.2) is 0 Å². The highest BCUT2D eigenvalue weighted by Gasteiger charge is 2.03. The summed E-state index contributed by atoms with van der Waals surface area (Å²) < 4.78 is 10.3. The van der Waals surface area contributed by atoms with Gasteiger partial charge in [0.05, 0.1) is 19.9 Å². The van der Waals surface area contributed by atoms with E-state index in [2.05, 4.69) is 5.32 Å². The smallest absolute Gasteiger partial charge is 0.142 e. The van der Waals surface area contributed by atoms with Gasteiger partial charge in [0.1, 0.15) is 11.5 Å². The van der Waals surface area contributed by atoms with Crippen LogP contribution in [0.4, 0.5) is 5.69 Å². The third-order valence-corrected chi connectivity index (χ3v) is 2.06. The van der Waals surface area contributed by atoms with Crippen LogP contribution in [-0.4, -0.2) is 32.5 Å². The molecule has 4 nitrogen and oxygen atoms in total. The van der Waals surface area contributed by atoms with Crippen LogP contribution in [-0.2, 0) is 0 Å². The van der Waals surface area contributed by atoms with Crippen molar-refractivity contribution in [1.29, 1.82) is 0 Å². The fraction of sp³-hybridized carbons (Fsp3) is 0.455. The Balaban J connectivity index is 2.72. The van der Waals surface area contributed by atoms with Crippen molar-refractivity contribution in [3.63, 3.8) is 0 Å². The number of anilines is 1. The first-order valence-electron chi connectivity index (χ1n) is 4.88. The number of hydrogen-bond acceptors (Lipinski definition) is 4. The normalized spacial score (nSPS) is 9.80. The third kappa shape index (κ3) is 3.32. The average Bonchev–Trinajstić information content (AvgIpc) is 2.29. The van der Waals surface area contributed by atoms with Crippen LogP contribution < -0.4 is 14.8 Å². The number of rotatable bonds is 6. The maximum atomic E-state index is 8.68. The lowest BCUT2D eigenvalue weighted by atomic mass is 10.2. The number of aliphatic hydroxyl groups excluding tert-OH is 1. The first-order chi connectivity index (χ1) is 7.31. The first kappa shape index (κ1) is 11.7. The summed E-state index contributed by atoms with van der Waals surface area (Å²) in [4.78, 5) is 0. The van der Waals surface area contributed by atoms with E-state index in [4.69, 9.17) is 14.6 Å². The van der Waals surface area contributed by atoms with Gasteiger partial charge < -0.3 is 19.9 Å². The predicted octanol–water partition coefficient (Wildman–Crippen LogP) is 1.50. The van der Waals surface area contributed by atoms with Crippen molar-refractivity contribution in [2.45, 2.75) is 6.42 Å². The highest BCUT2D eigenvalue weighted by atomic mass is 16.5. The minimum atomic E-state index is 0.180. The molecule has 0 radical (unpaired) electrons. The molecule has 1 aromatic rings. The Labute approximate surface area is 89.8 Å². The van der Waals surface area contributed by atoms with Gasteiger partial charge in [-0.3, -0.25) is 0 Å². The van der Waals surface area contributed by atoms with E-state index in [1.807, 2.05) is 18.2 Å². The average molecular weight is 211 g/mol. The number of benzene rings is 1. The summed E-state index contributed by atoms with van der Waals surface area (Å²) in [6.45, 7) is 0.888. The minimum Gasteiger partial charge on any atom is -0.497 e. The predicted molar refractivity (Wildman–Crippen MR) is 59.7 cm³/mol. The lowest BCUT2D eigenvalue weighted by Gasteiger charge is -2.11. The molecule has 0 aliphatic rings. The fourth-order valence-electron chi connectivity index (χ4n) is 1.25. The summed E-state index contributed by atoms with van der Waals surface area (Å²) in [7, 11) is 3.25. The quantitative estimate of drug-likeness (QED) is 0.700. The number of aliphatic hydroxyl groups is 1. The topological polar surface area (TPSA) is 50.7 Å². The summed E-state index contributed by atoms with van der Waals surface area (Å²) in [6, 6.07) is 5.56. The number of hydrogen-bond donors (Lipinski definition) is 2. The highest BCUT2D eigenvalue weighted by molar-refractivity contribution is 5.59. The van der Waals surface area contributed by atoms with E-state index in [0.29, 0.717) is 13.0 Å². The summed E-state index contributed by atoms with van der Waals surface area (Å²) in [5.41, 5.74) is 0.880. The Hall–Kier alpha value is -1.42. The molecule has 0 aliphatic carbocycles. The van der Waals surface area contributed by atoms with Crippen molar-refractivity contribution >= 4 is 5.69 Å². The molecule has 4 heteroatoms. The van der Waals surface area contributed by atoms with E-state index in [1.54, 1.807) is 14.2 Å². The van der Waals surface area contributed by atoms with Crippen molar-refractivity contribution in [3.8, 4) is 11.5 Å². The molecule has 0 bridgehead atoms. The van der Waals surface area contributed by atoms with Crippen molar-refractivity contribution in [2.24, 2.45) is 0 Å². The zero-order valence-corrected chi connectivity index (χ0v) is 9.12. The second kappa shape index (κ2) is 6.14. The van der Waals surface area contributed by atoms with E-state index in [1.165, 1.54) is 0 Å². The molecule has 0 unspecified atom stereocenters. The molecule has 0 spiro atoms. The van der Waals surface area contributed by atoms with E-state index < -0.39 is 0 Å². The molecular weight excluding hydrogens is 194 g/mol. The Morgan fingerprint density at radius 1 is 1.27 bits per heavy atom. The second-order valence-electron chi connectivity index (χ2n) is 3.07. The van der Waals surface area contributed by atoms with Gasteiger partial charge in [-0.1, -0.05) is 0 Å². The fourth-order valence-corrected chi connectivity index (χ4v) is 1.25. The SMILES string of the molecule is COc1ccc(OC)c(NCCCO)c1. The van der Waals surface area contributed by atoms with Crippen molar-refractivity contribution in [2.75, 3.05) is 32.7 Å². The third-order valence-electron chi connectivity index (χ3n) is 2.06. The maximum absolute atomic E-state index is 8.68. The largest absolute Gasteiger partial charge is 0.497 e. The monoisotopic (exact) mass is 211 g/mol. The molecule has 0 saturated carbocycles. The molecular formula is C11H17NO3. The van der Waals surface area contributed by atoms with Gasteiger partial charge in [-0.15, -0.1) is 0 Å². The summed E-state index contributed by atoms with van der Waals surface area (Å²) in [5, 5.41) is 11.9. The molecule has 0 amide bonds. The lowest BCUT2D eigenvalue weighted by molar-refractivity contribution is 0.292. The molecule has 0 fully saturated rings. The molecule has 2 N–H and O–H groups in total. The van der Waals surface area contributed by atoms with Crippen molar-refractivity contribution in [1.82, 2.24) is 0 Å². The van der Waals surface area contributed by atoms with E-state index in [0.717, 1.165) is 17.2 Å². The van der Waals surface area contributed by atoms with Crippen LogP contribution in [0.2, 0.25) is 0 Å². The van der Waals surface area contributed by atoms with Gasteiger partial charge in [0.2, 0.25) is 0 Å². The van der Waals surface area contributed by atoms with Crippen molar-refractivity contribution < 1.29 is 14.6 Å². The maximum Gasteiger partial charge on any atom is 0.142 e. The van der Waals surface area contributed by atoms with Gasteiger partial charge in [-0.05, 0) is 18.6 Å². The summed E-state index contributed by atoms with van der Waals surface area (Å²) in [5.74, 6) is 1.55. The van der Waals surface area contributed by atoms with Gasteiger partial charge >= 0.3 is 0 Å². The van der Waals surface area contributed by atoms with Crippen LogP contribution in [0.1, 0.15) is 6.42 Å². The molecule has 0 heterocycles. The zero-order valence-electron chi connectivity index (χ0n) is 9.12. The van der Waals surface area contributed by atoms with Crippen LogP contribution in [0, 0.1) is 0 Å². The molecule has 0 atom stereocenters. The van der Waals surface area contributed by atoms with Gasteiger partial charge in [0.15, 0.2) is 0 Å². The molecule has 1 aromatic carbocycles. The van der Waals surface area contributed by atoms with Crippen LogP contribution in [0.25, 0.3) is 0 Å². The Kier molecular flexibility index (Phi) is 4.77. The standard InChI is InChI=1S/C11H17NO3/c1-14-9-4-5-11(15-2)10(8-9)12-6-3-7-13/h4-5,8,12-13H,3,6-7H2,1-2H3. The van der Waals surface area contributed by atoms with Crippen LogP contribution >= 0.6 is 0 Å². The molecule has 1 rings (SSSR count). The zero-order chi connectivity index (χ0) is 11.1. The van der Waals surface area contributed by atoms with E-state index >= 15 is 0 Å². The van der Waals surface area contributed by atoms with E-state index in [9.17, 15) is 0 Å². The Morgan fingerprint density at radius 3 is 2.67 bits per heavy atom. The lowest BCUT2D eigenvalue weighted by Crippen LogP contribution is -2.05. The summed E-state index contributed by atoms with van der Waals surface area (Å²) >= 11 is 0. The highest BCUT2D eigenvalue weighted by Crippen LogP contribution is 2.28. The minimum absolute atomic E-state index is 0.180. The number of methoxy groups -OCH3 is 2. The number of nitrogens with one attached hydrogen (secondary N) is 1. The molecule has 0 saturated heterocycles. The second-order valence-corrected chi connectivity index (χ2v) is 3.07. The van der Waals surface area contributed by atoms with Gasteiger partial charge in [0, 0.05) is 19.2 Å². The van der Waals surface area contributed by atoms with Gasteiger partial charge in [0.25, 0.3) is 0 Å².